The summed E-state index contributed by atoms with van der Waals surface area (Å²) in [4.78, 5) is 86.5. The highest BCUT2D eigenvalue weighted by Gasteiger charge is 2.28. The fourth-order valence-electron chi connectivity index (χ4n) is 3.90. The molecule has 1 aromatic carbocycles. The average Bonchev–Trinajstić information content (AvgIpc) is 2.92. The van der Waals surface area contributed by atoms with Gasteiger partial charge < -0.3 is 46.5 Å². The van der Waals surface area contributed by atoms with E-state index in [-0.39, 0.29) is 24.5 Å². The van der Waals surface area contributed by atoms with Crippen LogP contribution in [-0.4, -0.2) is 84.2 Å². The zero-order valence-electron chi connectivity index (χ0n) is 29.1. The Morgan fingerprint density at radius 1 is 0.708 bits per heavy atom. The van der Waals surface area contributed by atoms with Crippen LogP contribution in [-0.2, 0) is 39.9 Å². The predicted molar refractivity (Wildman–Crippen MR) is 174 cm³/mol. The summed E-state index contributed by atoms with van der Waals surface area (Å²) in [7, 11) is 0. The lowest BCUT2D eigenvalue weighted by Gasteiger charge is -2.24. The number of carbonyl (C=O) groups is 7. The van der Waals surface area contributed by atoms with E-state index in [1.807, 2.05) is 13.8 Å². The van der Waals surface area contributed by atoms with Gasteiger partial charge in [0.2, 0.25) is 29.5 Å². The van der Waals surface area contributed by atoms with Gasteiger partial charge >= 0.3 is 12.2 Å². The fraction of sp³-hybridized carbons (Fsp3) is 0.594. The van der Waals surface area contributed by atoms with Crippen molar-refractivity contribution < 1.29 is 47.8 Å². The first-order valence-electron chi connectivity index (χ1n) is 15.5. The smallest absolute Gasteiger partial charge is 0.444 e. The minimum atomic E-state index is -1.19. The van der Waals surface area contributed by atoms with Crippen LogP contribution in [0.1, 0.15) is 74.3 Å². The van der Waals surface area contributed by atoms with Crippen LogP contribution in [0.2, 0.25) is 0 Å². The Hall–Kier alpha value is -4.89. The van der Waals surface area contributed by atoms with Crippen LogP contribution in [0.3, 0.4) is 0 Å². The number of nitrogens with two attached hydrogens (primary N) is 1. The van der Waals surface area contributed by atoms with Gasteiger partial charge in [0.05, 0.1) is 13.1 Å². The second kappa shape index (κ2) is 18.4. The molecule has 6 amide bonds. The fourth-order valence-corrected chi connectivity index (χ4v) is 3.90. The maximum absolute atomic E-state index is 13.3. The van der Waals surface area contributed by atoms with Gasteiger partial charge in [0.1, 0.15) is 35.1 Å². The third-order valence-corrected chi connectivity index (χ3v) is 5.93. The first-order valence-corrected chi connectivity index (χ1v) is 15.5. The van der Waals surface area contributed by atoms with Crippen molar-refractivity contribution in [3.05, 3.63) is 29.8 Å². The highest BCUT2D eigenvalue weighted by Crippen LogP contribution is 2.17. The topological polar surface area (TPSA) is 233 Å². The standard InChI is InChI=1S/C32H50N6O10/c1-18(2)14-22(27(42)34-16-24(33)39)37-25(40)17-35-26(41)19(3)36-28(43)23(38-29(44)47-31(4,5)6)15-20-10-12-21(13-11-20)46-30(45)48-32(7,8)9/h10-13,18-19,22-23H,14-17H2,1-9H3,(H2,33,39)(H,34,42)(H,35,41)(H,36,43)(H,37,40)(H,38,44)/t19-,22+,23+/m0/s1. The van der Waals surface area contributed by atoms with Crippen molar-refractivity contribution in [2.75, 3.05) is 13.1 Å². The van der Waals surface area contributed by atoms with Crippen molar-refractivity contribution >= 4 is 41.8 Å². The summed E-state index contributed by atoms with van der Waals surface area (Å²) in [5, 5.41) is 12.3. The third-order valence-electron chi connectivity index (χ3n) is 5.93. The molecular weight excluding hydrogens is 628 g/mol. The molecule has 0 saturated carbocycles. The largest absolute Gasteiger partial charge is 0.514 e. The Bertz CT molecular complexity index is 1300. The number of carbonyl (C=O) groups excluding carboxylic acids is 7. The lowest BCUT2D eigenvalue weighted by molar-refractivity contribution is -0.132. The molecule has 1 aromatic rings. The molecule has 0 heterocycles. The molecule has 48 heavy (non-hydrogen) atoms. The second-order valence-electron chi connectivity index (χ2n) is 13.5. The summed E-state index contributed by atoms with van der Waals surface area (Å²) in [6, 6.07) is 2.88. The minimum Gasteiger partial charge on any atom is -0.444 e. The van der Waals surface area contributed by atoms with Crippen molar-refractivity contribution in [2.24, 2.45) is 11.7 Å². The molecule has 0 radical (unpaired) electrons. The maximum Gasteiger partial charge on any atom is 0.514 e. The number of hydrogen-bond acceptors (Lipinski definition) is 10. The van der Waals surface area contributed by atoms with Gasteiger partial charge in [0.25, 0.3) is 0 Å². The molecule has 0 aromatic heterocycles. The van der Waals surface area contributed by atoms with E-state index in [0.717, 1.165) is 0 Å². The van der Waals surface area contributed by atoms with Crippen molar-refractivity contribution in [1.82, 2.24) is 26.6 Å². The molecule has 0 aliphatic carbocycles. The Morgan fingerprint density at radius 3 is 1.79 bits per heavy atom. The number of ether oxygens (including phenoxy) is 3. The average molecular weight is 679 g/mol. The molecule has 16 nitrogen and oxygen atoms in total. The van der Waals surface area contributed by atoms with Crippen molar-refractivity contribution in [3.63, 3.8) is 0 Å². The summed E-state index contributed by atoms with van der Waals surface area (Å²) in [6.07, 6.45) is -1.51. The molecule has 16 heteroatoms. The number of benzene rings is 1. The van der Waals surface area contributed by atoms with Crippen LogP contribution in [0.25, 0.3) is 0 Å². The summed E-state index contributed by atoms with van der Waals surface area (Å²) >= 11 is 0. The molecule has 0 saturated heterocycles. The Balaban J connectivity index is 2.90. The second-order valence-corrected chi connectivity index (χ2v) is 13.5. The SMILES string of the molecule is CC(C)C[C@@H](NC(=O)CNC(=O)[C@H](C)NC(=O)[C@@H](Cc1ccc(OC(=O)OC(C)(C)C)cc1)NC(=O)OC(C)(C)C)C(=O)NCC(N)=O. The number of hydrogen-bond donors (Lipinski definition) is 6. The molecule has 3 atom stereocenters. The van der Waals surface area contributed by atoms with E-state index in [9.17, 15) is 33.6 Å². The number of nitrogens with one attached hydrogen (secondary N) is 5. The molecule has 0 aliphatic heterocycles. The molecule has 0 bridgehead atoms. The molecule has 0 unspecified atom stereocenters. The van der Waals surface area contributed by atoms with Crippen molar-refractivity contribution in [1.29, 1.82) is 0 Å². The van der Waals surface area contributed by atoms with E-state index in [1.54, 1.807) is 53.7 Å². The molecular formula is C32H50N6O10. The van der Waals surface area contributed by atoms with Crippen LogP contribution in [0.5, 0.6) is 5.75 Å². The van der Waals surface area contributed by atoms with Gasteiger partial charge in [-0.2, -0.15) is 0 Å². The van der Waals surface area contributed by atoms with Crippen LogP contribution in [0.4, 0.5) is 9.59 Å². The van der Waals surface area contributed by atoms with Gasteiger partial charge in [-0.1, -0.05) is 26.0 Å². The van der Waals surface area contributed by atoms with E-state index in [2.05, 4.69) is 26.6 Å². The van der Waals surface area contributed by atoms with Crippen LogP contribution in [0.15, 0.2) is 24.3 Å². The molecule has 7 N–H and O–H groups in total. The van der Waals surface area contributed by atoms with Gasteiger partial charge in [-0.15, -0.1) is 0 Å². The van der Waals surface area contributed by atoms with Crippen LogP contribution < -0.4 is 37.1 Å². The van der Waals surface area contributed by atoms with Gasteiger partial charge in [0.15, 0.2) is 0 Å². The number of amides is 6. The molecule has 0 spiro atoms. The van der Waals surface area contributed by atoms with E-state index < -0.39 is 84.2 Å². The van der Waals surface area contributed by atoms with Gasteiger partial charge in [0, 0.05) is 6.42 Å². The monoisotopic (exact) mass is 678 g/mol. The molecule has 1 rings (SSSR count). The Labute approximate surface area is 280 Å². The maximum atomic E-state index is 13.3. The Morgan fingerprint density at radius 2 is 1.27 bits per heavy atom. The Kier molecular flexibility index (Phi) is 15.8. The van der Waals surface area contributed by atoms with E-state index in [0.29, 0.717) is 5.56 Å². The molecule has 0 fully saturated rings. The number of alkyl carbamates (subject to hydrolysis) is 1. The highest BCUT2D eigenvalue weighted by molar-refractivity contribution is 5.94. The quantitative estimate of drug-likeness (QED) is 0.115. The number of rotatable bonds is 15. The third kappa shape index (κ3) is 17.7. The normalized spacial score (nSPS) is 13.2. The summed E-state index contributed by atoms with van der Waals surface area (Å²) in [5.41, 5.74) is 4.05. The van der Waals surface area contributed by atoms with Crippen LogP contribution in [0, 0.1) is 5.92 Å². The van der Waals surface area contributed by atoms with Gasteiger partial charge in [-0.3, -0.25) is 24.0 Å². The zero-order chi connectivity index (χ0) is 36.8. The summed E-state index contributed by atoms with van der Waals surface area (Å²) in [5.74, 6) is -3.23. The number of primary amides is 1. The molecule has 0 aliphatic rings. The lowest BCUT2D eigenvalue weighted by atomic mass is 10.0. The zero-order valence-corrected chi connectivity index (χ0v) is 29.1. The molecule has 268 valence electrons. The summed E-state index contributed by atoms with van der Waals surface area (Å²) < 4.78 is 15.6. The summed E-state index contributed by atoms with van der Waals surface area (Å²) in [6.45, 7) is 14.2. The van der Waals surface area contributed by atoms with E-state index >= 15 is 0 Å². The first kappa shape index (κ1) is 41.1. The van der Waals surface area contributed by atoms with Crippen LogP contribution >= 0.6 is 0 Å². The minimum absolute atomic E-state index is 0.0187. The predicted octanol–water partition coefficient (Wildman–Crippen LogP) is 1.19. The van der Waals surface area contributed by atoms with Gasteiger partial charge in [-0.05, 0) is 78.5 Å². The highest BCUT2D eigenvalue weighted by atomic mass is 16.7. The lowest BCUT2D eigenvalue weighted by Crippen LogP contribution is -2.55. The van der Waals surface area contributed by atoms with Crippen molar-refractivity contribution in [3.8, 4) is 5.75 Å². The van der Waals surface area contributed by atoms with E-state index in [4.69, 9.17) is 19.9 Å². The van der Waals surface area contributed by atoms with Crippen molar-refractivity contribution in [2.45, 2.75) is 104 Å². The first-order chi connectivity index (χ1) is 22.0. The van der Waals surface area contributed by atoms with E-state index in [1.165, 1.54) is 19.1 Å². The van der Waals surface area contributed by atoms with Gasteiger partial charge in [-0.25, -0.2) is 9.59 Å².